The fourth-order valence-electron chi connectivity index (χ4n) is 3.94. The minimum Gasteiger partial charge on any atom is -0.355 e. The standard InChI is InChI=1S/C29H34FN3O4S/c1-6-31-29(35)23(5)32(18-24-10-12-25(30)13-11-24)28(34)19-33(26-14-9-21(3)22(4)17-26)38(36,37)27-15-7-20(2)8-16-27/h7-17,23H,6,18-19H2,1-5H3,(H,31,35)/t23-/m1/s1. The number of halogens is 1. The van der Waals surface area contributed by atoms with E-state index < -0.39 is 34.3 Å². The summed E-state index contributed by atoms with van der Waals surface area (Å²) < 4.78 is 42.2. The number of aryl methyl sites for hydroxylation is 3. The molecule has 7 nitrogen and oxygen atoms in total. The zero-order valence-electron chi connectivity index (χ0n) is 22.4. The summed E-state index contributed by atoms with van der Waals surface area (Å²) in [5.41, 5.74) is 3.71. The van der Waals surface area contributed by atoms with Gasteiger partial charge < -0.3 is 10.2 Å². The summed E-state index contributed by atoms with van der Waals surface area (Å²) in [4.78, 5) is 27.9. The van der Waals surface area contributed by atoms with E-state index in [9.17, 15) is 22.4 Å². The molecule has 0 saturated heterocycles. The number of hydrogen-bond donors (Lipinski definition) is 1. The van der Waals surface area contributed by atoms with E-state index >= 15 is 0 Å². The van der Waals surface area contributed by atoms with Gasteiger partial charge in [0.2, 0.25) is 11.8 Å². The number of carbonyl (C=O) groups excluding carboxylic acids is 2. The van der Waals surface area contributed by atoms with E-state index in [2.05, 4.69) is 5.32 Å². The second-order valence-electron chi connectivity index (χ2n) is 9.31. The van der Waals surface area contributed by atoms with Crippen molar-refractivity contribution in [2.45, 2.75) is 52.1 Å². The van der Waals surface area contributed by atoms with Crippen LogP contribution in [0.1, 0.15) is 36.1 Å². The number of sulfonamides is 1. The molecule has 3 aromatic carbocycles. The Kier molecular flexibility index (Phi) is 9.27. The van der Waals surface area contributed by atoms with E-state index in [1.54, 1.807) is 44.2 Å². The third-order valence-electron chi connectivity index (χ3n) is 6.45. The van der Waals surface area contributed by atoms with Gasteiger partial charge in [0, 0.05) is 13.1 Å². The molecule has 202 valence electrons. The van der Waals surface area contributed by atoms with E-state index in [0.717, 1.165) is 21.0 Å². The average molecular weight is 540 g/mol. The van der Waals surface area contributed by atoms with E-state index in [-0.39, 0.29) is 17.3 Å². The molecule has 9 heteroatoms. The van der Waals surface area contributed by atoms with Crippen LogP contribution >= 0.6 is 0 Å². The molecule has 0 aliphatic heterocycles. The Morgan fingerprint density at radius 2 is 1.55 bits per heavy atom. The van der Waals surface area contributed by atoms with E-state index in [1.165, 1.54) is 41.3 Å². The van der Waals surface area contributed by atoms with Gasteiger partial charge >= 0.3 is 0 Å². The maximum atomic E-state index is 13.8. The van der Waals surface area contributed by atoms with Crippen LogP contribution in [0.15, 0.2) is 71.6 Å². The van der Waals surface area contributed by atoms with Crippen molar-refractivity contribution in [1.29, 1.82) is 0 Å². The molecule has 1 N–H and O–H groups in total. The molecule has 0 heterocycles. The Bertz CT molecular complexity index is 1390. The van der Waals surface area contributed by atoms with Gasteiger partial charge in [-0.25, -0.2) is 12.8 Å². The second kappa shape index (κ2) is 12.2. The van der Waals surface area contributed by atoms with Crippen LogP contribution in [-0.4, -0.2) is 44.3 Å². The zero-order chi connectivity index (χ0) is 28.0. The van der Waals surface area contributed by atoms with Crippen molar-refractivity contribution >= 4 is 27.5 Å². The third kappa shape index (κ3) is 6.77. The molecule has 0 unspecified atom stereocenters. The summed E-state index contributed by atoms with van der Waals surface area (Å²) in [7, 11) is -4.13. The molecule has 3 aromatic rings. The molecule has 2 amide bonds. The Labute approximate surface area is 224 Å². The van der Waals surface area contributed by atoms with E-state index in [4.69, 9.17) is 0 Å². The molecule has 0 bridgehead atoms. The minimum atomic E-state index is -4.13. The van der Waals surface area contributed by atoms with Crippen LogP contribution in [0.25, 0.3) is 0 Å². The van der Waals surface area contributed by atoms with E-state index in [0.29, 0.717) is 17.8 Å². The predicted molar refractivity (Wildman–Crippen MR) is 147 cm³/mol. The number of carbonyl (C=O) groups is 2. The van der Waals surface area contributed by atoms with Crippen LogP contribution in [0, 0.1) is 26.6 Å². The van der Waals surface area contributed by atoms with Crippen molar-refractivity contribution in [3.05, 3.63) is 94.8 Å². The molecule has 3 rings (SSSR count). The maximum absolute atomic E-state index is 13.8. The van der Waals surface area contributed by atoms with E-state index in [1.807, 2.05) is 20.8 Å². The van der Waals surface area contributed by atoms with Crippen LogP contribution in [0.5, 0.6) is 0 Å². The number of likely N-dealkylation sites (N-methyl/N-ethyl adjacent to an activating group) is 1. The van der Waals surface area contributed by atoms with Gasteiger partial charge in [0.1, 0.15) is 18.4 Å². The van der Waals surface area contributed by atoms with Crippen molar-refractivity contribution in [3.8, 4) is 0 Å². The first kappa shape index (κ1) is 28.8. The Hall–Kier alpha value is -3.72. The van der Waals surface area contributed by atoms with Crippen LogP contribution in [-0.2, 0) is 26.2 Å². The topological polar surface area (TPSA) is 86.8 Å². The number of nitrogens with one attached hydrogen (secondary N) is 1. The summed E-state index contributed by atoms with van der Waals surface area (Å²) in [6.45, 7) is 8.85. The lowest BCUT2D eigenvalue weighted by atomic mass is 10.1. The molecule has 0 fully saturated rings. The van der Waals surface area contributed by atoms with Crippen molar-refractivity contribution in [2.24, 2.45) is 0 Å². The molecule has 0 saturated carbocycles. The summed E-state index contributed by atoms with van der Waals surface area (Å²) in [6, 6.07) is 16.3. The minimum absolute atomic E-state index is 0.00274. The monoisotopic (exact) mass is 539 g/mol. The normalized spacial score (nSPS) is 12.1. The highest BCUT2D eigenvalue weighted by atomic mass is 32.2. The van der Waals surface area contributed by atoms with Crippen LogP contribution < -0.4 is 9.62 Å². The van der Waals surface area contributed by atoms with Gasteiger partial charge in [0.05, 0.1) is 10.6 Å². The first-order chi connectivity index (χ1) is 17.9. The van der Waals surface area contributed by atoms with Gasteiger partial charge in [-0.05, 0) is 87.7 Å². The molecular formula is C29H34FN3O4S. The molecule has 0 radical (unpaired) electrons. The summed E-state index contributed by atoms with van der Waals surface area (Å²) in [5.74, 6) is -1.36. The SMILES string of the molecule is CCNC(=O)[C@@H](C)N(Cc1ccc(F)cc1)C(=O)CN(c1ccc(C)c(C)c1)S(=O)(=O)c1ccc(C)cc1. The number of anilines is 1. The van der Waals surface area contributed by atoms with Crippen molar-refractivity contribution in [1.82, 2.24) is 10.2 Å². The summed E-state index contributed by atoms with van der Waals surface area (Å²) >= 11 is 0. The number of nitrogens with zero attached hydrogens (tertiary/aromatic N) is 2. The quantitative estimate of drug-likeness (QED) is 0.411. The zero-order valence-corrected chi connectivity index (χ0v) is 23.2. The van der Waals surface area contributed by atoms with Gasteiger partial charge in [-0.15, -0.1) is 0 Å². The predicted octanol–water partition coefficient (Wildman–Crippen LogP) is 4.50. The van der Waals surface area contributed by atoms with Gasteiger partial charge in [0.15, 0.2) is 0 Å². The third-order valence-corrected chi connectivity index (χ3v) is 8.24. The summed E-state index contributed by atoms with van der Waals surface area (Å²) in [5, 5.41) is 2.71. The Morgan fingerprint density at radius 1 is 0.921 bits per heavy atom. The number of hydrogen-bond acceptors (Lipinski definition) is 4. The highest BCUT2D eigenvalue weighted by molar-refractivity contribution is 7.92. The lowest BCUT2D eigenvalue weighted by Gasteiger charge is -2.32. The van der Waals surface area contributed by atoms with Crippen LogP contribution in [0.4, 0.5) is 10.1 Å². The van der Waals surface area contributed by atoms with Crippen molar-refractivity contribution < 1.29 is 22.4 Å². The fourth-order valence-corrected chi connectivity index (χ4v) is 5.34. The highest BCUT2D eigenvalue weighted by Gasteiger charge is 2.32. The molecular weight excluding hydrogens is 505 g/mol. The van der Waals surface area contributed by atoms with Crippen LogP contribution in [0.2, 0.25) is 0 Å². The van der Waals surface area contributed by atoms with Crippen molar-refractivity contribution in [3.63, 3.8) is 0 Å². The smallest absolute Gasteiger partial charge is 0.264 e. The summed E-state index contributed by atoms with van der Waals surface area (Å²) in [6.07, 6.45) is 0. The Balaban J connectivity index is 2.05. The number of rotatable bonds is 10. The van der Waals surface area contributed by atoms with Gasteiger partial charge in [-0.3, -0.25) is 13.9 Å². The molecule has 0 aromatic heterocycles. The highest BCUT2D eigenvalue weighted by Crippen LogP contribution is 2.27. The lowest BCUT2D eigenvalue weighted by molar-refractivity contribution is -0.139. The molecule has 0 spiro atoms. The number of amides is 2. The fraction of sp³-hybridized carbons (Fsp3) is 0.310. The first-order valence-corrected chi connectivity index (χ1v) is 13.9. The second-order valence-corrected chi connectivity index (χ2v) is 11.2. The van der Waals surface area contributed by atoms with Gasteiger partial charge in [0.25, 0.3) is 10.0 Å². The average Bonchev–Trinajstić information content (AvgIpc) is 2.88. The molecule has 1 atom stereocenters. The maximum Gasteiger partial charge on any atom is 0.264 e. The largest absolute Gasteiger partial charge is 0.355 e. The first-order valence-electron chi connectivity index (χ1n) is 12.4. The molecule has 0 aliphatic carbocycles. The molecule has 38 heavy (non-hydrogen) atoms. The molecule has 0 aliphatic rings. The van der Waals surface area contributed by atoms with Gasteiger partial charge in [-0.2, -0.15) is 0 Å². The van der Waals surface area contributed by atoms with Crippen molar-refractivity contribution in [2.75, 3.05) is 17.4 Å². The van der Waals surface area contributed by atoms with Gasteiger partial charge in [-0.1, -0.05) is 35.9 Å². The lowest BCUT2D eigenvalue weighted by Crippen LogP contribution is -2.51. The number of benzene rings is 3. The Morgan fingerprint density at radius 3 is 2.13 bits per heavy atom. The van der Waals surface area contributed by atoms with Crippen LogP contribution in [0.3, 0.4) is 0 Å².